The number of halogens is 1. The van der Waals surface area contributed by atoms with Crippen LogP contribution in [0.3, 0.4) is 0 Å². The van der Waals surface area contributed by atoms with E-state index < -0.39 is 0 Å². The fraction of sp³-hybridized carbons (Fsp3) is 0.562. The molecule has 1 saturated heterocycles. The van der Waals surface area contributed by atoms with E-state index in [9.17, 15) is 0 Å². The molecule has 2 fully saturated rings. The third-order valence-corrected chi connectivity index (χ3v) is 5.68. The maximum atomic E-state index is 6.00. The van der Waals surface area contributed by atoms with Crippen LogP contribution in [0.15, 0.2) is 29.3 Å². The van der Waals surface area contributed by atoms with Gasteiger partial charge in [0.2, 0.25) is 0 Å². The van der Waals surface area contributed by atoms with Gasteiger partial charge in [-0.3, -0.25) is 4.99 Å². The summed E-state index contributed by atoms with van der Waals surface area (Å²) in [7, 11) is 0. The van der Waals surface area contributed by atoms with E-state index in [0.717, 1.165) is 16.1 Å². The minimum atomic E-state index is 0.315. The van der Waals surface area contributed by atoms with Crippen molar-refractivity contribution in [1.82, 2.24) is 5.32 Å². The first-order valence-corrected chi connectivity index (χ1v) is 8.71. The Hall–Kier alpha value is -0.670. The van der Waals surface area contributed by atoms with Crippen LogP contribution in [0, 0.1) is 5.92 Å². The highest BCUT2D eigenvalue weighted by Gasteiger charge is 2.40. The number of amidine groups is 1. The Morgan fingerprint density at radius 2 is 2.40 bits per heavy atom. The zero-order valence-corrected chi connectivity index (χ0v) is 13.4. The molecule has 1 aliphatic heterocycles. The number of nitrogens with one attached hydrogen (secondary N) is 1. The maximum absolute atomic E-state index is 6.00. The van der Waals surface area contributed by atoms with Crippen LogP contribution in [0.1, 0.15) is 38.2 Å². The third kappa shape index (κ3) is 3.32. The van der Waals surface area contributed by atoms with Gasteiger partial charge in [-0.2, -0.15) is 0 Å². The van der Waals surface area contributed by atoms with Crippen LogP contribution in [0.4, 0.5) is 0 Å². The van der Waals surface area contributed by atoms with Gasteiger partial charge in [0.15, 0.2) is 5.17 Å². The fourth-order valence-corrected chi connectivity index (χ4v) is 4.70. The molecule has 1 heterocycles. The summed E-state index contributed by atoms with van der Waals surface area (Å²) in [6, 6.07) is 7.95. The minimum Gasteiger partial charge on any atom is -0.359 e. The normalized spacial score (nSPS) is 31.7. The Labute approximate surface area is 130 Å². The smallest absolute Gasteiger partial charge is 0.157 e. The molecule has 2 atom stereocenters. The van der Waals surface area contributed by atoms with Gasteiger partial charge in [-0.05, 0) is 36.5 Å². The zero-order valence-electron chi connectivity index (χ0n) is 11.9. The van der Waals surface area contributed by atoms with Crippen LogP contribution in [-0.4, -0.2) is 16.5 Å². The van der Waals surface area contributed by atoms with E-state index in [1.807, 2.05) is 30.0 Å². The quantitative estimate of drug-likeness (QED) is 0.871. The first kappa shape index (κ1) is 14.3. The highest BCUT2D eigenvalue weighted by Crippen LogP contribution is 2.38. The van der Waals surface area contributed by atoms with Crippen LogP contribution in [0.2, 0.25) is 5.02 Å². The van der Waals surface area contributed by atoms with Crippen molar-refractivity contribution < 1.29 is 0 Å². The van der Waals surface area contributed by atoms with Crippen molar-refractivity contribution in [1.29, 1.82) is 0 Å². The Morgan fingerprint density at radius 1 is 1.50 bits per heavy atom. The predicted molar refractivity (Wildman–Crippen MR) is 88.5 cm³/mol. The number of aliphatic imine (C=N–C) groups is 1. The molecule has 3 rings (SSSR count). The van der Waals surface area contributed by atoms with E-state index >= 15 is 0 Å². The number of benzene rings is 1. The number of hydrogen-bond acceptors (Lipinski definition) is 2. The minimum absolute atomic E-state index is 0.315. The monoisotopic (exact) mass is 308 g/mol. The largest absolute Gasteiger partial charge is 0.359 e. The number of thioether (sulfide) groups is 1. The van der Waals surface area contributed by atoms with Crippen LogP contribution >= 0.6 is 23.4 Å². The van der Waals surface area contributed by atoms with Crippen LogP contribution < -0.4 is 5.32 Å². The molecule has 1 aromatic rings. The number of rotatable bonds is 2. The van der Waals surface area contributed by atoms with Gasteiger partial charge >= 0.3 is 0 Å². The zero-order chi connectivity index (χ0) is 14.0. The first-order valence-electron chi connectivity index (χ1n) is 7.35. The maximum Gasteiger partial charge on any atom is 0.157 e. The van der Waals surface area contributed by atoms with Gasteiger partial charge in [0.25, 0.3) is 0 Å². The second kappa shape index (κ2) is 5.98. The van der Waals surface area contributed by atoms with E-state index in [1.54, 1.807) is 0 Å². The molecule has 0 amide bonds. The van der Waals surface area contributed by atoms with Gasteiger partial charge in [-0.25, -0.2) is 0 Å². The summed E-state index contributed by atoms with van der Waals surface area (Å²) in [5.74, 6) is 2.01. The predicted octanol–water partition coefficient (Wildman–Crippen LogP) is 4.48. The molecule has 1 aromatic carbocycles. The van der Waals surface area contributed by atoms with Crippen LogP contribution in [0.5, 0.6) is 0 Å². The molecular formula is C16H21ClN2S. The second-order valence-corrected chi connectivity index (χ2v) is 7.55. The molecule has 0 bridgehead atoms. The van der Waals surface area contributed by atoms with E-state index in [1.165, 1.54) is 37.0 Å². The van der Waals surface area contributed by atoms with Gasteiger partial charge in [0, 0.05) is 16.3 Å². The van der Waals surface area contributed by atoms with Crippen molar-refractivity contribution >= 4 is 28.5 Å². The molecule has 4 heteroatoms. The molecule has 108 valence electrons. The third-order valence-electron chi connectivity index (χ3n) is 4.24. The summed E-state index contributed by atoms with van der Waals surface area (Å²) in [6.45, 7) is 3.08. The van der Waals surface area contributed by atoms with Crippen molar-refractivity contribution in [3.05, 3.63) is 34.9 Å². The molecule has 2 aliphatic rings. The Kier molecular flexibility index (Phi) is 4.27. The highest BCUT2D eigenvalue weighted by atomic mass is 35.5. The lowest BCUT2D eigenvalue weighted by atomic mass is 9.78. The van der Waals surface area contributed by atoms with Crippen molar-refractivity contribution in [2.45, 2.75) is 44.7 Å². The molecule has 1 saturated carbocycles. The van der Waals surface area contributed by atoms with Gasteiger partial charge < -0.3 is 5.32 Å². The van der Waals surface area contributed by atoms with E-state index in [0.29, 0.717) is 12.1 Å². The van der Waals surface area contributed by atoms with Gasteiger partial charge in [0.1, 0.15) is 0 Å². The molecule has 1 aliphatic carbocycles. The molecule has 2 unspecified atom stereocenters. The summed E-state index contributed by atoms with van der Waals surface area (Å²) < 4.78 is 0. The molecular weight excluding hydrogens is 288 g/mol. The van der Waals surface area contributed by atoms with Gasteiger partial charge in [-0.15, -0.1) is 0 Å². The van der Waals surface area contributed by atoms with E-state index in [-0.39, 0.29) is 0 Å². The molecule has 2 nitrogen and oxygen atoms in total. The van der Waals surface area contributed by atoms with Crippen molar-refractivity contribution in [3.63, 3.8) is 0 Å². The summed E-state index contributed by atoms with van der Waals surface area (Å²) in [5, 5.41) is 5.60. The Bertz CT molecular complexity index is 517. The van der Waals surface area contributed by atoms with E-state index in [4.69, 9.17) is 16.6 Å². The molecule has 0 radical (unpaired) electrons. The highest BCUT2D eigenvalue weighted by molar-refractivity contribution is 8.14. The topological polar surface area (TPSA) is 24.4 Å². The summed E-state index contributed by atoms with van der Waals surface area (Å²) in [5.41, 5.74) is 1.49. The van der Waals surface area contributed by atoms with Crippen molar-refractivity contribution in [2.75, 3.05) is 5.75 Å². The Balaban J connectivity index is 1.63. The number of nitrogens with zero attached hydrogens (tertiary/aromatic N) is 1. The molecule has 1 spiro atoms. The van der Waals surface area contributed by atoms with Gasteiger partial charge in [0.05, 0.1) is 6.54 Å². The van der Waals surface area contributed by atoms with Crippen molar-refractivity contribution in [2.24, 2.45) is 10.9 Å². The van der Waals surface area contributed by atoms with Gasteiger partial charge in [-0.1, -0.05) is 55.3 Å². The van der Waals surface area contributed by atoms with Crippen LogP contribution in [0.25, 0.3) is 0 Å². The van der Waals surface area contributed by atoms with E-state index in [2.05, 4.69) is 18.3 Å². The average molecular weight is 309 g/mol. The lowest BCUT2D eigenvalue weighted by molar-refractivity contribution is 0.242. The lowest BCUT2D eigenvalue weighted by Crippen LogP contribution is -2.47. The SMILES string of the molecule is CC1CCCC2(CSC(=NCc3cccc(Cl)c3)N2)C1. The van der Waals surface area contributed by atoms with Crippen molar-refractivity contribution in [3.8, 4) is 0 Å². The lowest BCUT2D eigenvalue weighted by Gasteiger charge is -2.36. The summed E-state index contributed by atoms with van der Waals surface area (Å²) >= 11 is 7.88. The number of hydrogen-bond donors (Lipinski definition) is 1. The first-order chi connectivity index (χ1) is 9.65. The average Bonchev–Trinajstić information content (AvgIpc) is 2.79. The molecule has 1 N–H and O–H groups in total. The van der Waals surface area contributed by atoms with Crippen LogP contribution in [-0.2, 0) is 6.54 Å². The fourth-order valence-electron chi connectivity index (χ4n) is 3.29. The molecule has 0 aromatic heterocycles. The summed E-state index contributed by atoms with van der Waals surface area (Å²) in [4.78, 5) is 4.72. The second-order valence-electron chi connectivity index (χ2n) is 6.15. The molecule has 20 heavy (non-hydrogen) atoms. The standard InChI is InChI=1S/C16H21ClN2S/c1-12-4-3-7-16(9-12)11-20-15(19-16)18-10-13-5-2-6-14(17)8-13/h2,5-6,8,12H,3-4,7,9-11H2,1H3,(H,18,19). The Morgan fingerprint density at radius 3 is 3.20 bits per heavy atom. The summed E-state index contributed by atoms with van der Waals surface area (Å²) in [6.07, 6.45) is 5.30.